The third-order valence-corrected chi connectivity index (χ3v) is 5.29. The first-order valence-electron chi connectivity index (χ1n) is 9.25. The van der Waals surface area contributed by atoms with Crippen molar-refractivity contribution in [2.24, 2.45) is 0 Å². The molecule has 1 N–H and O–H groups in total. The molecule has 0 bridgehead atoms. The van der Waals surface area contributed by atoms with Gasteiger partial charge in [-0.25, -0.2) is 4.79 Å². The van der Waals surface area contributed by atoms with E-state index in [-0.39, 0.29) is 31.5 Å². The molecule has 9 heteroatoms. The fraction of sp³-hybridized carbons (Fsp3) is 0.526. The molecule has 2 fully saturated rings. The van der Waals surface area contributed by atoms with Crippen LogP contribution in [0.2, 0.25) is 0 Å². The van der Waals surface area contributed by atoms with Gasteiger partial charge < -0.3 is 24.4 Å². The molecule has 1 aromatic rings. The van der Waals surface area contributed by atoms with Crippen LogP contribution in [0.5, 0.6) is 11.5 Å². The lowest BCUT2D eigenvalue weighted by molar-refractivity contribution is -0.146. The topological polar surface area (TPSA) is 97.4 Å². The molecule has 4 rings (SSSR count). The molecule has 4 amide bonds. The SMILES string of the molecule is C[C@@H]1CN(C(=O)CN2C(=O)N[C@@](C)(c3ccc4c(c3)OCO4)C2=O)C[C@H](C)O1. The van der Waals surface area contributed by atoms with Crippen molar-refractivity contribution < 1.29 is 28.6 Å². The lowest BCUT2D eigenvalue weighted by Crippen LogP contribution is -2.52. The highest BCUT2D eigenvalue weighted by atomic mass is 16.7. The number of fused-ring (bicyclic) bond motifs is 1. The van der Waals surface area contributed by atoms with Gasteiger partial charge in [-0.3, -0.25) is 14.5 Å². The first kappa shape index (κ1) is 18.5. The number of carbonyl (C=O) groups excluding carboxylic acids is 3. The standard InChI is InChI=1S/C19H23N3O6/c1-11-7-21(8-12(2)28-11)16(23)9-22-17(24)19(3,20-18(22)25)13-4-5-14-15(6-13)27-10-26-14/h4-6,11-12H,7-10H2,1-3H3,(H,20,25)/t11-,12+,19-/m0/s1. The number of morpholine rings is 1. The van der Waals surface area contributed by atoms with Gasteiger partial charge in [-0.2, -0.15) is 0 Å². The smallest absolute Gasteiger partial charge is 0.325 e. The highest BCUT2D eigenvalue weighted by molar-refractivity contribution is 6.09. The summed E-state index contributed by atoms with van der Waals surface area (Å²) in [6, 6.07) is 4.50. The van der Waals surface area contributed by atoms with Crippen molar-refractivity contribution in [3.05, 3.63) is 23.8 Å². The number of ether oxygens (including phenoxy) is 3. The van der Waals surface area contributed by atoms with Gasteiger partial charge in [0.1, 0.15) is 12.1 Å². The van der Waals surface area contributed by atoms with Crippen LogP contribution in [0.15, 0.2) is 18.2 Å². The average molecular weight is 389 g/mol. The summed E-state index contributed by atoms with van der Waals surface area (Å²) >= 11 is 0. The maximum Gasteiger partial charge on any atom is 0.325 e. The summed E-state index contributed by atoms with van der Waals surface area (Å²) in [7, 11) is 0. The van der Waals surface area contributed by atoms with E-state index in [1.54, 1.807) is 30.0 Å². The second kappa shape index (κ2) is 6.66. The first-order chi connectivity index (χ1) is 13.3. The molecule has 9 nitrogen and oxygen atoms in total. The van der Waals surface area contributed by atoms with Gasteiger partial charge in [0.25, 0.3) is 5.91 Å². The minimum Gasteiger partial charge on any atom is -0.454 e. The predicted molar refractivity (Wildman–Crippen MR) is 96.8 cm³/mol. The number of imide groups is 1. The second-order valence-corrected chi connectivity index (χ2v) is 7.57. The quantitative estimate of drug-likeness (QED) is 0.769. The third kappa shape index (κ3) is 3.05. The molecule has 28 heavy (non-hydrogen) atoms. The van der Waals surface area contributed by atoms with Crippen LogP contribution in [-0.4, -0.2) is 66.3 Å². The van der Waals surface area contributed by atoms with E-state index >= 15 is 0 Å². The lowest BCUT2D eigenvalue weighted by Gasteiger charge is -2.35. The first-order valence-corrected chi connectivity index (χ1v) is 9.25. The van der Waals surface area contributed by atoms with E-state index in [2.05, 4.69) is 5.32 Å². The molecule has 2 saturated heterocycles. The van der Waals surface area contributed by atoms with Crippen molar-refractivity contribution in [2.45, 2.75) is 38.5 Å². The number of hydrogen-bond donors (Lipinski definition) is 1. The van der Waals surface area contributed by atoms with Crippen LogP contribution >= 0.6 is 0 Å². The van der Waals surface area contributed by atoms with Gasteiger partial charge in [0.15, 0.2) is 11.5 Å². The maximum atomic E-state index is 13.1. The Labute approximate surface area is 162 Å². The number of carbonyl (C=O) groups is 3. The van der Waals surface area contributed by atoms with Crippen molar-refractivity contribution in [1.82, 2.24) is 15.1 Å². The summed E-state index contributed by atoms with van der Waals surface area (Å²) in [5.74, 6) is 0.359. The molecule has 0 aliphatic carbocycles. The van der Waals surface area contributed by atoms with Crippen molar-refractivity contribution in [2.75, 3.05) is 26.4 Å². The van der Waals surface area contributed by atoms with Gasteiger partial charge in [-0.05, 0) is 38.5 Å². The molecule has 0 radical (unpaired) electrons. The van der Waals surface area contributed by atoms with Gasteiger partial charge in [-0.1, -0.05) is 6.07 Å². The van der Waals surface area contributed by atoms with Gasteiger partial charge in [0.2, 0.25) is 12.7 Å². The minimum atomic E-state index is -1.27. The zero-order valence-electron chi connectivity index (χ0n) is 16.1. The van der Waals surface area contributed by atoms with Crippen LogP contribution in [0.4, 0.5) is 4.79 Å². The summed E-state index contributed by atoms with van der Waals surface area (Å²) in [6.45, 7) is 6.09. The molecule has 0 spiro atoms. The molecule has 150 valence electrons. The Balaban J connectivity index is 1.51. The van der Waals surface area contributed by atoms with Crippen molar-refractivity contribution >= 4 is 17.8 Å². The zero-order chi connectivity index (χ0) is 20.1. The third-order valence-electron chi connectivity index (χ3n) is 5.29. The maximum absolute atomic E-state index is 13.1. The predicted octanol–water partition coefficient (Wildman–Crippen LogP) is 0.818. The van der Waals surface area contributed by atoms with E-state index < -0.39 is 17.5 Å². The molecular formula is C19H23N3O6. The molecule has 3 heterocycles. The fourth-order valence-corrected chi connectivity index (χ4v) is 3.86. The van der Waals surface area contributed by atoms with Gasteiger partial charge in [0.05, 0.1) is 12.2 Å². The van der Waals surface area contributed by atoms with E-state index in [1.165, 1.54) is 0 Å². The number of urea groups is 1. The summed E-state index contributed by atoms with van der Waals surface area (Å²) in [5.41, 5.74) is -0.706. The summed E-state index contributed by atoms with van der Waals surface area (Å²) < 4.78 is 16.3. The second-order valence-electron chi connectivity index (χ2n) is 7.57. The van der Waals surface area contributed by atoms with Crippen LogP contribution in [-0.2, 0) is 19.9 Å². The number of nitrogens with one attached hydrogen (secondary N) is 1. The van der Waals surface area contributed by atoms with Crippen LogP contribution in [0.3, 0.4) is 0 Å². The van der Waals surface area contributed by atoms with Crippen molar-refractivity contribution in [1.29, 1.82) is 0 Å². The number of rotatable bonds is 3. The zero-order valence-corrected chi connectivity index (χ0v) is 16.1. The average Bonchev–Trinajstić information content (AvgIpc) is 3.19. The summed E-state index contributed by atoms with van der Waals surface area (Å²) in [5, 5.41) is 2.71. The van der Waals surface area contributed by atoms with E-state index in [4.69, 9.17) is 14.2 Å². The van der Waals surface area contributed by atoms with Crippen LogP contribution in [0.1, 0.15) is 26.3 Å². The Morgan fingerprint density at radius 2 is 1.86 bits per heavy atom. The number of benzene rings is 1. The Morgan fingerprint density at radius 1 is 1.18 bits per heavy atom. The van der Waals surface area contributed by atoms with Gasteiger partial charge in [0, 0.05) is 13.1 Å². The molecule has 1 aromatic carbocycles. The Morgan fingerprint density at radius 3 is 2.57 bits per heavy atom. The highest BCUT2D eigenvalue weighted by Crippen LogP contribution is 2.37. The monoisotopic (exact) mass is 389 g/mol. The molecule has 3 aliphatic rings. The number of nitrogens with zero attached hydrogens (tertiary/aromatic N) is 2. The molecule has 0 unspecified atom stereocenters. The molecule has 0 aromatic heterocycles. The van der Waals surface area contributed by atoms with Gasteiger partial charge in [-0.15, -0.1) is 0 Å². The number of amides is 4. The molecule has 3 atom stereocenters. The Kier molecular flexibility index (Phi) is 4.41. The molecule has 3 aliphatic heterocycles. The van der Waals surface area contributed by atoms with E-state index in [9.17, 15) is 14.4 Å². The Bertz CT molecular complexity index is 833. The summed E-state index contributed by atoms with van der Waals surface area (Å²) in [6.07, 6.45) is -0.176. The number of hydrogen-bond acceptors (Lipinski definition) is 6. The summed E-state index contributed by atoms with van der Waals surface area (Å²) in [4.78, 5) is 40.9. The highest BCUT2D eigenvalue weighted by Gasteiger charge is 2.50. The largest absolute Gasteiger partial charge is 0.454 e. The van der Waals surface area contributed by atoms with Gasteiger partial charge >= 0.3 is 6.03 Å². The van der Waals surface area contributed by atoms with Crippen LogP contribution < -0.4 is 14.8 Å². The molecule has 0 saturated carbocycles. The Hall–Kier alpha value is -2.81. The van der Waals surface area contributed by atoms with Crippen molar-refractivity contribution in [3.63, 3.8) is 0 Å². The fourth-order valence-electron chi connectivity index (χ4n) is 3.86. The van der Waals surface area contributed by atoms with E-state index in [1.807, 2.05) is 13.8 Å². The van der Waals surface area contributed by atoms with Crippen LogP contribution in [0, 0.1) is 0 Å². The lowest BCUT2D eigenvalue weighted by atomic mass is 9.91. The molecular weight excluding hydrogens is 366 g/mol. The normalized spacial score (nSPS) is 29.2. The van der Waals surface area contributed by atoms with E-state index in [0.717, 1.165) is 4.90 Å². The minimum absolute atomic E-state index is 0.0882. The van der Waals surface area contributed by atoms with Crippen molar-refractivity contribution in [3.8, 4) is 11.5 Å². The van der Waals surface area contributed by atoms with Crippen LogP contribution in [0.25, 0.3) is 0 Å². The van der Waals surface area contributed by atoms with E-state index in [0.29, 0.717) is 30.2 Å².